The normalized spacial score (nSPS) is 10.5. The number of furan rings is 1. The van der Waals surface area contributed by atoms with Crippen molar-refractivity contribution in [2.75, 3.05) is 5.32 Å². The lowest BCUT2D eigenvalue weighted by atomic mass is 10.3. The Morgan fingerprint density at radius 3 is 3.15 bits per heavy atom. The Hall–Kier alpha value is -1.51. The lowest BCUT2D eigenvalue weighted by Gasteiger charge is -1.98. The minimum absolute atomic E-state index is 0.0203. The smallest absolute Gasteiger partial charge is 0.226 e. The van der Waals surface area contributed by atoms with Gasteiger partial charge in [-0.1, -0.05) is 12.2 Å². The van der Waals surface area contributed by atoms with Crippen molar-refractivity contribution in [3.8, 4) is 0 Å². The van der Waals surface area contributed by atoms with Gasteiger partial charge in [0.2, 0.25) is 5.91 Å². The number of amides is 1. The SMILES string of the molecule is C/C=C/CCC(=O)Nc1ccco1. The van der Waals surface area contributed by atoms with Crippen molar-refractivity contribution in [2.45, 2.75) is 19.8 Å². The molecule has 0 aliphatic carbocycles. The molecule has 0 fully saturated rings. The van der Waals surface area contributed by atoms with Gasteiger partial charge in [-0.3, -0.25) is 10.1 Å². The molecule has 0 radical (unpaired) electrons. The van der Waals surface area contributed by atoms with Gasteiger partial charge in [0.25, 0.3) is 0 Å². The molecule has 0 saturated heterocycles. The van der Waals surface area contributed by atoms with Crippen molar-refractivity contribution in [1.29, 1.82) is 0 Å². The maximum atomic E-state index is 11.2. The van der Waals surface area contributed by atoms with Gasteiger partial charge in [-0.25, -0.2) is 0 Å². The number of nitrogens with one attached hydrogen (secondary N) is 1. The molecule has 70 valence electrons. The summed E-state index contributed by atoms with van der Waals surface area (Å²) < 4.78 is 4.96. The van der Waals surface area contributed by atoms with Crippen LogP contribution in [0.25, 0.3) is 0 Å². The highest BCUT2D eigenvalue weighted by Crippen LogP contribution is 2.07. The van der Waals surface area contributed by atoms with Crippen LogP contribution in [0.2, 0.25) is 0 Å². The molecule has 1 amide bonds. The van der Waals surface area contributed by atoms with Gasteiger partial charge < -0.3 is 4.42 Å². The van der Waals surface area contributed by atoms with Crippen LogP contribution in [0.4, 0.5) is 5.88 Å². The Morgan fingerprint density at radius 1 is 1.69 bits per heavy atom. The molecule has 3 nitrogen and oxygen atoms in total. The number of hydrogen-bond donors (Lipinski definition) is 1. The van der Waals surface area contributed by atoms with Crippen molar-refractivity contribution in [3.63, 3.8) is 0 Å². The minimum atomic E-state index is -0.0203. The van der Waals surface area contributed by atoms with Crippen LogP contribution in [0.15, 0.2) is 35.0 Å². The first-order valence-corrected chi connectivity index (χ1v) is 4.27. The first kappa shape index (κ1) is 9.58. The monoisotopic (exact) mass is 179 g/mol. The highest BCUT2D eigenvalue weighted by atomic mass is 16.3. The van der Waals surface area contributed by atoms with E-state index in [-0.39, 0.29) is 5.91 Å². The second kappa shape index (κ2) is 5.19. The van der Waals surface area contributed by atoms with Crippen LogP contribution in [0.3, 0.4) is 0 Å². The summed E-state index contributed by atoms with van der Waals surface area (Å²) in [6, 6.07) is 3.45. The van der Waals surface area contributed by atoms with E-state index < -0.39 is 0 Å². The molecule has 3 heteroatoms. The van der Waals surface area contributed by atoms with E-state index in [0.29, 0.717) is 12.3 Å². The van der Waals surface area contributed by atoms with Crippen molar-refractivity contribution in [3.05, 3.63) is 30.5 Å². The molecular formula is C10H13NO2. The Labute approximate surface area is 77.4 Å². The third kappa shape index (κ3) is 3.60. The zero-order chi connectivity index (χ0) is 9.52. The van der Waals surface area contributed by atoms with Gasteiger partial charge in [0, 0.05) is 12.5 Å². The number of allylic oxidation sites excluding steroid dienone is 2. The topological polar surface area (TPSA) is 42.2 Å². The summed E-state index contributed by atoms with van der Waals surface area (Å²) in [4.78, 5) is 11.2. The molecule has 0 saturated carbocycles. The maximum absolute atomic E-state index is 11.2. The van der Waals surface area contributed by atoms with Gasteiger partial charge in [0.05, 0.1) is 6.26 Å². The fourth-order valence-electron chi connectivity index (χ4n) is 0.931. The highest BCUT2D eigenvalue weighted by Gasteiger charge is 2.01. The summed E-state index contributed by atoms with van der Waals surface area (Å²) in [5.74, 6) is 0.485. The van der Waals surface area contributed by atoms with Gasteiger partial charge in [0.15, 0.2) is 5.88 Å². The van der Waals surface area contributed by atoms with Crippen molar-refractivity contribution in [1.82, 2.24) is 0 Å². The minimum Gasteiger partial charge on any atom is -0.449 e. The summed E-state index contributed by atoms with van der Waals surface area (Å²) in [5, 5.41) is 2.64. The fourth-order valence-corrected chi connectivity index (χ4v) is 0.931. The van der Waals surface area contributed by atoms with E-state index in [2.05, 4.69) is 5.32 Å². The van der Waals surface area contributed by atoms with Gasteiger partial charge in [-0.2, -0.15) is 0 Å². The van der Waals surface area contributed by atoms with E-state index in [4.69, 9.17) is 4.42 Å². The van der Waals surface area contributed by atoms with Crippen LogP contribution in [-0.4, -0.2) is 5.91 Å². The molecule has 1 rings (SSSR count). The van der Waals surface area contributed by atoms with E-state index in [0.717, 1.165) is 6.42 Å². The molecule has 13 heavy (non-hydrogen) atoms. The van der Waals surface area contributed by atoms with Gasteiger partial charge in [-0.05, 0) is 19.4 Å². The van der Waals surface area contributed by atoms with Crippen molar-refractivity contribution < 1.29 is 9.21 Å². The summed E-state index contributed by atoms with van der Waals surface area (Å²) in [5.41, 5.74) is 0. The van der Waals surface area contributed by atoms with E-state index in [1.54, 1.807) is 12.1 Å². The first-order chi connectivity index (χ1) is 6.33. The predicted octanol–water partition coefficient (Wildman–Crippen LogP) is 2.57. The number of hydrogen-bond acceptors (Lipinski definition) is 2. The third-order valence-corrected chi connectivity index (χ3v) is 1.56. The summed E-state index contributed by atoms with van der Waals surface area (Å²) in [6.45, 7) is 1.93. The highest BCUT2D eigenvalue weighted by molar-refractivity contribution is 5.89. The van der Waals surface area contributed by atoms with Gasteiger partial charge >= 0.3 is 0 Å². The van der Waals surface area contributed by atoms with E-state index in [1.807, 2.05) is 19.1 Å². The molecule has 0 aromatic carbocycles. The molecule has 1 heterocycles. The largest absolute Gasteiger partial charge is 0.449 e. The summed E-state index contributed by atoms with van der Waals surface area (Å²) >= 11 is 0. The number of rotatable bonds is 4. The molecule has 0 unspecified atom stereocenters. The lowest BCUT2D eigenvalue weighted by Crippen LogP contribution is -2.09. The molecule has 0 atom stereocenters. The van der Waals surface area contributed by atoms with Crippen LogP contribution in [-0.2, 0) is 4.79 Å². The second-order valence-corrected chi connectivity index (χ2v) is 2.63. The molecule has 1 N–H and O–H groups in total. The van der Waals surface area contributed by atoms with Gasteiger partial charge in [0.1, 0.15) is 0 Å². The molecule has 1 aromatic rings. The van der Waals surface area contributed by atoms with Crippen LogP contribution in [0.1, 0.15) is 19.8 Å². The molecule has 1 aromatic heterocycles. The zero-order valence-corrected chi connectivity index (χ0v) is 7.62. The van der Waals surface area contributed by atoms with Crippen LogP contribution < -0.4 is 5.32 Å². The molecule has 0 aliphatic rings. The van der Waals surface area contributed by atoms with E-state index >= 15 is 0 Å². The van der Waals surface area contributed by atoms with E-state index in [9.17, 15) is 4.79 Å². The van der Waals surface area contributed by atoms with Crippen molar-refractivity contribution >= 4 is 11.8 Å². The van der Waals surface area contributed by atoms with E-state index in [1.165, 1.54) is 6.26 Å². The van der Waals surface area contributed by atoms with Crippen LogP contribution in [0, 0.1) is 0 Å². The van der Waals surface area contributed by atoms with Crippen LogP contribution in [0.5, 0.6) is 0 Å². The standard InChI is InChI=1S/C10H13NO2/c1-2-3-4-6-9(12)11-10-7-5-8-13-10/h2-3,5,7-8H,4,6H2,1H3,(H,11,12)/b3-2+. The number of anilines is 1. The Balaban J connectivity index is 2.26. The van der Waals surface area contributed by atoms with Gasteiger partial charge in [-0.15, -0.1) is 0 Å². The Morgan fingerprint density at radius 2 is 2.54 bits per heavy atom. The Kier molecular flexibility index (Phi) is 3.82. The quantitative estimate of drug-likeness (QED) is 0.722. The summed E-state index contributed by atoms with van der Waals surface area (Å²) in [6.07, 6.45) is 6.68. The predicted molar refractivity (Wildman–Crippen MR) is 51.4 cm³/mol. The zero-order valence-electron chi connectivity index (χ0n) is 7.62. The molecular weight excluding hydrogens is 166 g/mol. The van der Waals surface area contributed by atoms with Crippen LogP contribution >= 0.6 is 0 Å². The molecule has 0 spiro atoms. The Bertz CT molecular complexity index is 275. The average molecular weight is 179 g/mol. The lowest BCUT2D eigenvalue weighted by molar-refractivity contribution is -0.116. The second-order valence-electron chi connectivity index (χ2n) is 2.63. The molecule has 0 bridgehead atoms. The van der Waals surface area contributed by atoms with Crippen molar-refractivity contribution in [2.24, 2.45) is 0 Å². The number of carbonyl (C=O) groups is 1. The average Bonchev–Trinajstić information content (AvgIpc) is 2.57. The third-order valence-electron chi connectivity index (χ3n) is 1.56. The first-order valence-electron chi connectivity index (χ1n) is 4.27. The fraction of sp³-hybridized carbons (Fsp3) is 0.300. The molecule has 0 aliphatic heterocycles. The maximum Gasteiger partial charge on any atom is 0.226 e. The summed E-state index contributed by atoms with van der Waals surface area (Å²) in [7, 11) is 0. The number of carbonyl (C=O) groups excluding carboxylic acids is 1.